The van der Waals surface area contributed by atoms with Gasteiger partial charge in [0.2, 0.25) is 0 Å². The van der Waals surface area contributed by atoms with Crippen molar-refractivity contribution in [2.45, 2.75) is 32.9 Å². The summed E-state index contributed by atoms with van der Waals surface area (Å²) in [6.07, 6.45) is 7.86. The minimum Gasteiger partial charge on any atom is -0.371 e. The highest BCUT2D eigenvalue weighted by Crippen LogP contribution is 2.30. The molecule has 1 atom stereocenters. The van der Waals surface area contributed by atoms with E-state index in [0.29, 0.717) is 34.6 Å². The number of morpholine rings is 1. The molecule has 0 bridgehead atoms. The van der Waals surface area contributed by atoms with E-state index in [1.165, 1.54) is 6.33 Å². The zero-order valence-corrected chi connectivity index (χ0v) is 24.7. The highest BCUT2D eigenvalue weighted by Gasteiger charge is 2.20. The van der Waals surface area contributed by atoms with Gasteiger partial charge in [-0.15, -0.1) is 0 Å². The first-order valence-electron chi connectivity index (χ1n) is 14.2. The lowest BCUT2D eigenvalue weighted by molar-refractivity contribution is -0.0208. The topological polar surface area (TPSA) is 84.6 Å². The molecular weight excluding hydrogens is 548 g/mol. The fraction of sp³-hybridized carbons (Fsp3) is 0.273. The maximum absolute atomic E-state index is 13.8. The lowest BCUT2D eigenvalue weighted by Gasteiger charge is -2.30. The van der Waals surface area contributed by atoms with Crippen LogP contribution in [0.4, 0.5) is 5.69 Å². The summed E-state index contributed by atoms with van der Waals surface area (Å²) in [5.74, 6) is 0.744. The number of ether oxygens (including phenoxy) is 1. The van der Waals surface area contributed by atoms with Gasteiger partial charge in [-0.2, -0.15) is 0 Å². The third kappa shape index (κ3) is 5.66. The largest absolute Gasteiger partial charge is 0.371 e. The number of hydrogen-bond donors (Lipinski definition) is 1. The van der Waals surface area contributed by atoms with Crippen LogP contribution in [0.1, 0.15) is 31.9 Å². The van der Waals surface area contributed by atoms with Gasteiger partial charge in [-0.25, -0.2) is 15.0 Å². The molecule has 2 aromatic heterocycles. The number of benzene rings is 2. The number of likely N-dealkylation sites (N-methyl/N-ethyl adjacent to an activating group) is 1. The van der Waals surface area contributed by atoms with Gasteiger partial charge in [-0.3, -0.25) is 9.36 Å². The van der Waals surface area contributed by atoms with Crippen molar-refractivity contribution in [2.24, 2.45) is 4.99 Å². The lowest BCUT2D eigenvalue weighted by Crippen LogP contribution is -2.43. The first-order chi connectivity index (χ1) is 20.4. The van der Waals surface area contributed by atoms with E-state index < -0.39 is 0 Å². The van der Waals surface area contributed by atoms with Crippen LogP contribution in [0.3, 0.4) is 0 Å². The molecule has 9 heteroatoms. The average molecular weight is 581 g/mol. The van der Waals surface area contributed by atoms with Crippen LogP contribution in [0, 0.1) is 0 Å². The van der Waals surface area contributed by atoms with Gasteiger partial charge in [0.05, 0.1) is 12.7 Å². The summed E-state index contributed by atoms with van der Waals surface area (Å²) in [5.41, 5.74) is 6.64. The third-order valence-corrected chi connectivity index (χ3v) is 8.14. The number of rotatable bonds is 6. The molecule has 0 amide bonds. The minimum atomic E-state index is -0.133. The van der Waals surface area contributed by atoms with Crippen LogP contribution in [-0.4, -0.2) is 46.2 Å². The van der Waals surface area contributed by atoms with Crippen molar-refractivity contribution in [3.05, 3.63) is 110 Å². The van der Waals surface area contributed by atoms with Crippen LogP contribution in [-0.2, 0) is 11.3 Å². The first kappa shape index (κ1) is 28.0. The van der Waals surface area contributed by atoms with E-state index in [4.69, 9.17) is 21.3 Å². The number of hydrogen-bond acceptors (Lipinski definition) is 7. The quantitative estimate of drug-likeness (QED) is 0.353. The Kier molecular flexibility index (Phi) is 8.02. The van der Waals surface area contributed by atoms with Crippen molar-refractivity contribution < 1.29 is 4.74 Å². The molecular formula is C33H33ClN6O2. The van der Waals surface area contributed by atoms with Gasteiger partial charge in [0.25, 0.3) is 5.56 Å². The molecule has 1 N–H and O–H groups in total. The molecule has 1 unspecified atom stereocenters. The van der Waals surface area contributed by atoms with E-state index in [1.54, 1.807) is 17.0 Å². The molecule has 4 heterocycles. The van der Waals surface area contributed by atoms with Crippen LogP contribution < -0.4 is 21.6 Å². The zero-order chi connectivity index (χ0) is 29.2. The molecule has 0 radical (unpaired) electrons. The Balaban J connectivity index is 1.33. The Bertz CT molecular complexity index is 1830. The van der Waals surface area contributed by atoms with Gasteiger partial charge in [-0.1, -0.05) is 41.9 Å². The number of nitrogens with one attached hydrogen (secondary N) is 1. The van der Waals surface area contributed by atoms with Crippen molar-refractivity contribution in [1.29, 1.82) is 0 Å². The molecule has 4 aromatic rings. The van der Waals surface area contributed by atoms with Gasteiger partial charge in [0.15, 0.2) is 0 Å². The number of fused-ring (bicyclic) bond motifs is 1. The van der Waals surface area contributed by atoms with Crippen LogP contribution in [0.5, 0.6) is 0 Å². The van der Waals surface area contributed by atoms with E-state index in [0.717, 1.165) is 58.7 Å². The van der Waals surface area contributed by atoms with Crippen molar-refractivity contribution in [2.75, 3.05) is 32.1 Å². The second-order valence-corrected chi connectivity index (χ2v) is 11.1. The van der Waals surface area contributed by atoms with Crippen molar-refractivity contribution in [3.8, 4) is 22.3 Å². The van der Waals surface area contributed by atoms with E-state index >= 15 is 0 Å². The number of allylic oxidation sites excluding steroid dienone is 1. The fourth-order valence-corrected chi connectivity index (χ4v) is 5.68. The summed E-state index contributed by atoms with van der Waals surface area (Å²) < 4.78 is 7.69. The molecule has 2 aliphatic rings. The second-order valence-electron chi connectivity index (χ2n) is 10.7. The lowest BCUT2D eigenvalue weighted by atomic mass is 10.0. The molecule has 42 heavy (non-hydrogen) atoms. The summed E-state index contributed by atoms with van der Waals surface area (Å²) in [6.45, 7) is 7.07. The Morgan fingerprint density at radius 2 is 1.83 bits per heavy atom. The molecule has 8 nitrogen and oxygen atoms in total. The number of halogens is 1. The predicted molar refractivity (Wildman–Crippen MR) is 167 cm³/mol. The van der Waals surface area contributed by atoms with E-state index in [-0.39, 0.29) is 11.7 Å². The van der Waals surface area contributed by atoms with Gasteiger partial charge in [0.1, 0.15) is 17.6 Å². The third-order valence-electron chi connectivity index (χ3n) is 7.82. The second kappa shape index (κ2) is 12.0. The fourth-order valence-electron chi connectivity index (χ4n) is 5.39. The molecule has 1 fully saturated rings. The SMILES string of the molecule is CCn1c(=O)c(-c2ccc(-c3cncnc3)cc2Cl)cc2c1=NC(Nc1ccc(C3CN(C)CCO3)cc1)=C(C)CC=2. The molecule has 1 saturated heterocycles. The monoisotopic (exact) mass is 580 g/mol. The van der Waals surface area contributed by atoms with Gasteiger partial charge in [-0.05, 0) is 68.3 Å². The number of aromatic nitrogens is 3. The summed E-state index contributed by atoms with van der Waals surface area (Å²) in [4.78, 5) is 29.3. The molecule has 0 saturated carbocycles. The Morgan fingerprint density at radius 1 is 1.05 bits per heavy atom. The van der Waals surface area contributed by atoms with Crippen LogP contribution >= 0.6 is 11.6 Å². The maximum Gasteiger partial charge on any atom is 0.260 e. The van der Waals surface area contributed by atoms with Gasteiger partial charge in [0, 0.05) is 64.6 Å². The predicted octanol–water partition coefficient (Wildman–Crippen LogP) is 4.80. The number of pyridine rings is 1. The molecule has 2 aromatic carbocycles. The van der Waals surface area contributed by atoms with Crippen LogP contribution in [0.2, 0.25) is 5.02 Å². The number of anilines is 1. The molecule has 2 aliphatic heterocycles. The molecule has 0 aliphatic carbocycles. The Labute approximate surface area is 249 Å². The average Bonchev–Trinajstić information content (AvgIpc) is 3.16. The Morgan fingerprint density at radius 3 is 2.55 bits per heavy atom. The molecule has 6 rings (SSSR count). The van der Waals surface area contributed by atoms with Crippen molar-refractivity contribution >= 4 is 23.4 Å². The standard InChI is InChI=1S/C33H33ClN6O2/c1-4-40-32-24(15-28(33(40)41)27-12-9-23(16-29(27)34)25-17-35-20-36-18-25)6-5-21(2)31(38-32)37-26-10-7-22(8-11-26)30-19-39(3)13-14-42-30/h6-12,15-18,20,30,37H,4-5,13-14,19H2,1-3H3. The van der Waals surface area contributed by atoms with Crippen molar-refractivity contribution in [3.63, 3.8) is 0 Å². The summed E-state index contributed by atoms with van der Waals surface area (Å²) in [7, 11) is 2.12. The first-order valence-corrected chi connectivity index (χ1v) is 14.5. The van der Waals surface area contributed by atoms with E-state index in [2.05, 4.69) is 64.5 Å². The summed E-state index contributed by atoms with van der Waals surface area (Å²) in [5, 5.41) is 4.88. The number of nitrogens with zero attached hydrogens (tertiary/aromatic N) is 5. The van der Waals surface area contributed by atoms with Gasteiger partial charge >= 0.3 is 0 Å². The summed E-state index contributed by atoms with van der Waals surface area (Å²) >= 11 is 6.75. The van der Waals surface area contributed by atoms with Crippen molar-refractivity contribution in [1.82, 2.24) is 19.4 Å². The molecule has 214 valence electrons. The Hall–Kier alpha value is -4.11. The zero-order valence-electron chi connectivity index (χ0n) is 24.0. The van der Waals surface area contributed by atoms with Crippen LogP contribution in [0.15, 0.2) is 88.4 Å². The minimum absolute atomic E-state index is 0.0769. The van der Waals surface area contributed by atoms with E-state index in [9.17, 15) is 4.79 Å². The normalized spacial score (nSPS) is 17.2. The summed E-state index contributed by atoms with van der Waals surface area (Å²) in [6, 6.07) is 15.9. The highest BCUT2D eigenvalue weighted by molar-refractivity contribution is 6.33. The smallest absolute Gasteiger partial charge is 0.260 e. The van der Waals surface area contributed by atoms with E-state index in [1.807, 2.05) is 31.2 Å². The maximum atomic E-state index is 13.8. The van der Waals surface area contributed by atoms with Crippen LogP contribution in [0.25, 0.3) is 28.3 Å². The van der Waals surface area contributed by atoms with Gasteiger partial charge < -0.3 is 15.0 Å². The highest BCUT2D eigenvalue weighted by atomic mass is 35.5. The molecule has 0 spiro atoms.